The largest absolute Gasteiger partial charge is 0.330 e. The summed E-state index contributed by atoms with van der Waals surface area (Å²) in [6.45, 7) is 11.1. The van der Waals surface area contributed by atoms with Crippen molar-refractivity contribution in [1.29, 1.82) is 0 Å². The first kappa shape index (κ1) is 14.0. The molecule has 0 spiro atoms. The Labute approximate surface area is 118 Å². The molecule has 0 fully saturated rings. The topological polar surface area (TPSA) is 43.6 Å². The highest BCUT2D eigenvalue weighted by atomic mass is 35.5. The Balaban J connectivity index is 2.66. The zero-order valence-electron chi connectivity index (χ0n) is 12.0. The lowest BCUT2D eigenvalue weighted by molar-refractivity contribution is 0.545. The van der Waals surface area contributed by atoms with Crippen molar-refractivity contribution >= 4 is 11.6 Å². The van der Waals surface area contributed by atoms with E-state index < -0.39 is 0 Å². The first-order valence-electron chi connectivity index (χ1n) is 6.40. The summed E-state index contributed by atoms with van der Waals surface area (Å²) >= 11 is 6.25. The molecule has 0 aliphatic carbocycles. The molecule has 2 aromatic rings. The van der Waals surface area contributed by atoms with Crippen molar-refractivity contribution in [3.05, 3.63) is 28.9 Å². The second kappa shape index (κ2) is 4.93. The number of hydrogen-bond acceptors (Lipinski definition) is 3. The molecule has 0 unspecified atom stereocenters. The highest BCUT2D eigenvalue weighted by Crippen LogP contribution is 2.28. The minimum absolute atomic E-state index is 0.143. The summed E-state index contributed by atoms with van der Waals surface area (Å²) in [7, 11) is 0. The molecular formula is C14H19ClN4. The molecule has 2 heterocycles. The Kier molecular flexibility index (Phi) is 3.63. The molecule has 0 saturated carbocycles. The molecule has 0 amide bonds. The molecule has 4 nitrogen and oxygen atoms in total. The number of rotatable bonds is 2. The van der Waals surface area contributed by atoms with Crippen LogP contribution in [0.3, 0.4) is 0 Å². The van der Waals surface area contributed by atoms with Gasteiger partial charge in [0.1, 0.15) is 16.7 Å². The summed E-state index contributed by atoms with van der Waals surface area (Å²) < 4.78 is 2.05. The van der Waals surface area contributed by atoms with Gasteiger partial charge in [0, 0.05) is 29.9 Å². The van der Waals surface area contributed by atoms with Crippen molar-refractivity contribution in [2.24, 2.45) is 0 Å². The van der Waals surface area contributed by atoms with Gasteiger partial charge in [-0.25, -0.2) is 15.0 Å². The van der Waals surface area contributed by atoms with Crippen molar-refractivity contribution in [3.8, 4) is 11.5 Å². The molecule has 0 radical (unpaired) electrons. The summed E-state index contributed by atoms with van der Waals surface area (Å²) in [6, 6.07) is 0. The van der Waals surface area contributed by atoms with E-state index in [4.69, 9.17) is 11.6 Å². The molecule has 102 valence electrons. The normalized spacial score (nSPS) is 11.9. The third-order valence-electron chi connectivity index (χ3n) is 3.03. The van der Waals surface area contributed by atoms with Crippen molar-refractivity contribution in [1.82, 2.24) is 19.5 Å². The van der Waals surface area contributed by atoms with Crippen LogP contribution in [0.4, 0.5) is 0 Å². The van der Waals surface area contributed by atoms with E-state index >= 15 is 0 Å². The van der Waals surface area contributed by atoms with Crippen LogP contribution in [0.15, 0.2) is 12.4 Å². The van der Waals surface area contributed by atoms with E-state index in [1.807, 2.05) is 13.1 Å². The SMILES string of the molecule is CCn1ccnc1-c1nc(C(C)(C)C)nc(Cl)c1C. The number of hydrogen-bond donors (Lipinski definition) is 0. The minimum Gasteiger partial charge on any atom is -0.330 e. The molecule has 0 aliphatic heterocycles. The molecule has 0 bridgehead atoms. The van der Waals surface area contributed by atoms with Gasteiger partial charge in [-0.05, 0) is 13.8 Å². The molecular weight excluding hydrogens is 260 g/mol. The van der Waals surface area contributed by atoms with Gasteiger partial charge in [-0.1, -0.05) is 32.4 Å². The first-order valence-corrected chi connectivity index (χ1v) is 6.78. The first-order chi connectivity index (χ1) is 8.84. The summed E-state index contributed by atoms with van der Waals surface area (Å²) in [5.74, 6) is 1.58. The molecule has 0 N–H and O–H groups in total. The Morgan fingerprint density at radius 3 is 2.53 bits per heavy atom. The molecule has 0 saturated heterocycles. The van der Waals surface area contributed by atoms with E-state index in [-0.39, 0.29) is 5.41 Å². The second-order valence-corrected chi connectivity index (χ2v) is 5.96. The molecule has 0 atom stereocenters. The van der Waals surface area contributed by atoms with Crippen molar-refractivity contribution in [3.63, 3.8) is 0 Å². The fraction of sp³-hybridized carbons (Fsp3) is 0.500. The standard InChI is InChI=1S/C14H19ClN4/c1-6-19-8-7-16-12(19)10-9(2)11(15)18-13(17-10)14(3,4)5/h7-8H,6H2,1-5H3. The van der Waals surface area contributed by atoms with E-state index in [0.717, 1.165) is 29.5 Å². The van der Waals surface area contributed by atoms with E-state index in [1.165, 1.54) is 0 Å². The zero-order valence-corrected chi connectivity index (χ0v) is 12.8. The van der Waals surface area contributed by atoms with E-state index in [1.54, 1.807) is 6.20 Å². The minimum atomic E-state index is -0.143. The fourth-order valence-electron chi connectivity index (χ4n) is 1.82. The highest BCUT2D eigenvalue weighted by molar-refractivity contribution is 6.30. The Hall–Kier alpha value is -1.42. The quantitative estimate of drug-likeness (QED) is 0.788. The van der Waals surface area contributed by atoms with E-state index in [0.29, 0.717) is 5.15 Å². The van der Waals surface area contributed by atoms with Crippen LogP contribution >= 0.6 is 11.6 Å². The number of aromatic nitrogens is 4. The molecule has 0 aliphatic rings. The maximum Gasteiger partial charge on any atom is 0.159 e. The Bertz CT molecular complexity index is 596. The molecule has 2 aromatic heterocycles. The number of halogens is 1. The average Bonchev–Trinajstić information content (AvgIpc) is 2.79. The van der Waals surface area contributed by atoms with Gasteiger partial charge in [-0.15, -0.1) is 0 Å². The van der Waals surface area contributed by atoms with Gasteiger partial charge in [0.2, 0.25) is 0 Å². The van der Waals surface area contributed by atoms with Crippen molar-refractivity contribution in [2.75, 3.05) is 0 Å². The van der Waals surface area contributed by atoms with Crippen LogP contribution in [-0.4, -0.2) is 19.5 Å². The van der Waals surface area contributed by atoms with Crippen LogP contribution in [-0.2, 0) is 12.0 Å². The monoisotopic (exact) mass is 278 g/mol. The van der Waals surface area contributed by atoms with Crippen molar-refractivity contribution in [2.45, 2.75) is 46.6 Å². The predicted octanol–water partition coefficient (Wildman–Crippen LogP) is 3.62. The Morgan fingerprint density at radius 1 is 1.26 bits per heavy atom. The van der Waals surface area contributed by atoms with Gasteiger partial charge < -0.3 is 4.57 Å². The number of imidazole rings is 1. The lowest BCUT2D eigenvalue weighted by atomic mass is 9.95. The van der Waals surface area contributed by atoms with Crippen LogP contribution in [0.2, 0.25) is 5.15 Å². The van der Waals surface area contributed by atoms with Crippen LogP contribution in [0.5, 0.6) is 0 Å². The van der Waals surface area contributed by atoms with Gasteiger partial charge in [-0.2, -0.15) is 0 Å². The third-order valence-corrected chi connectivity index (χ3v) is 3.39. The molecule has 2 rings (SSSR count). The van der Waals surface area contributed by atoms with Gasteiger partial charge in [0.15, 0.2) is 5.82 Å². The summed E-state index contributed by atoms with van der Waals surface area (Å²) in [5.41, 5.74) is 1.54. The zero-order chi connectivity index (χ0) is 14.2. The lowest BCUT2D eigenvalue weighted by Gasteiger charge is -2.19. The third kappa shape index (κ3) is 2.63. The van der Waals surface area contributed by atoms with E-state index in [2.05, 4.69) is 47.2 Å². The number of nitrogens with zero attached hydrogens (tertiary/aromatic N) is 4. The van der Waals surface area contributed by atoms with Crippen LogP contribution in [0.1, 0.15) is 39.1 Å². The summed E-state index contributed by atoms with van der Waals surface area (Å²) in [5, 5.41) is 0.501. The molecule has 0 aromatic carbocycles. The van der Waals surface area contributed by atoms with Crippen LogP contribution in [0, 0.1) is 6.92 Å². The number of aryl methyl sites for hydroxylation is 1. The lowest BCUT2D eigenvalue weighted by Crippen LogP contribution is -2.17. The summed E-state index contributed by atoms with van der Waals surface area (Å²) in [6.07, 6.45) is 3.73. The molecule has 19 heavy (non-hydrogen) atoms. The fourth-order valence-corrected chi connectivity index (χ4v) is 1.99. The van der Waals surface area contributed by atoms with Gasteiger partial charge >= 0.3 is 0 Å². The summed E-state index contributed by atoms with van der Waals surface area (Å²) in [4.78, 5) is 13.5. The van der Waals surface area contributed by atoms with Crippen LogP contribution in [0.25, 0.3) is 11.5 Å². The van der Waals surface area contributed by atoms with Crippen molar-refractivity contribution < 1.29 is 0 Å². The van der Waals surface area contributed by atoms with Gasteiger partial charge in [0.05, 0.1) is 0 Å². The maximum absolute atomic E-state index is 6.25. The smallest absolute Gasteiger partial charge is 0.159 e. The highest BCUT2D eigenvalue weighted by Gasteiger charge is 2.22. The second-order valence-electron chi connectivity index (χ2n) is 5.60. The maximum atomic E-state index is 6.25. The average molecular weight is 279 g/mol. The van der Waals surface area contributed by atoms with E-state index in [9.17, 15) is 0 Å². The molecule has 5 heteroatoms. The van der Waals surface area contributed by atoms with Gasteiger partial charge in [0.25, 0.3) is 0 Å². The predicted molar refractivity (Wildman–Crippen MR) is 77.4 cm³/mol. The van der Waals surface area contributed by atoms with Gasteiger partial charge in [-0.3, -0.25) is 0 Å². The Morgan fingerprint density at radius 2 is 1.95 bits per heavy atom. The van der Waals surface area contributed by atoms with Crippen LogP contribution < -0.4 is 0 Å².